The summed E-state index contributed by atoms with van der Waals surface area (Å²) in [6, 6.07) is 6.76. The van der Waals surface area contributed by atoms with Crippen LogP contribution >= 0.6 is 15.9 Å². The molecule has 1 saturated heterocycles. The summed E-state index contributed by atoms with van der Waals surface area (Å²) in [4.78, 5) is 15.5. The zero-order chi connectivity index (χ0) is 16.1. The summed E-state index contributed by atoms with van der Waals surface area (Å²) in [6.45, 7) is 8.20. The largest absolute Gasteiger partial charge is 0.480 e. The summed E-state index contributed by atoms with van der Waals surface area (Å²) in [5, 5.41) is 8.99. The van der Waals surface area contributed by atoms with Crippen LogP contribution in [0.15, 0.2) is 22.7 Å². The van der Waals surface area contributed by atoms with Gasteiger partial charge in [0.05, 0.1) is 6.54 Å². The van der Waals surface area contributed by atoms with E-state index >= 15 is 0 Å². The van der Waals surface area contributed by atoms with Gasteiger partial charge in [0.15, 0.2) is 0 Å². The highest BCUT2D eigenvalue weighted by Gasteiger charge is 2.25. The minimum atomic E-state index is -0.728. The average Bonchev–Trinajstić information content (AvgIpc) is 2.50. The molecular weight excluding hydrogens is 344 g/mol. The number of rotatable bonds is 6. The third-order valence-corrected chi connectivity index (χ3v) is 5.45. The van der Waals surface area contributed by atoms with E-state index in [-0.39, 0.29) is 6.54 Å². The molecule has 0 spiro atoms. The van der Waals surface area contributed by atoms with Gasteiger partial charge in [-0.05, 0) is 56.6 Å². The molecule has 1 aliphatic heterocycles. The SMILES string of the molecule is CCN(CC(=O)O)C1CCN(Cc2cccc(Br)c2C)CC1. The predicted molar refractivity (Wildman–Crippen MR) is 92.1 cm³/mol. The van der Waals surface area contributed by atoms with E-state index in [1.54, 1.807) is 0 Å². The van der Waals surface area contributed by atoms with Crippen molar-refractivity contribution in [2.24, 2.45) is 0 Å². The number of carboxylic acid groups (broad SMARTS) is 1. The lowest BCUT2D eigenvalue weighted by molar-refractivity contribution is -0.139. The lowest BCUT2D eigenvalue weighted by Crippen LogP contribution is -2.46. The van der Waals surface area contributed by atoms with Crippen LogP contribution in [0.25, 0.3) is 0 Å². The minimum Gasteiger partial charge on any atom is -0.480 e. The molecule has 1 aliphatic rings. The molecule has 0 bridgehead atoms. The van der Waals surface area contributed by atoms with E-state index in [2.05, 4.69) is 50.9 Å². The number of likely N-dealkylation sites (tertiary alicyclic amines) is 1. The first-order chi connectivity index (χ1) is 10.5. The summed E-state index contributed by atoms with van der Waals surface area (Å²) in [6.07, 6.45) is 2.10. The molecule has 1 aromatic carbocycles. The van der Waals surface area contributed by atoms with Crippen LogP contribution < -0.4 is 0 Å². The molecule has 1 fully saturated rings. The third kappa shape index (κ3) is 4.54. The van der Waals surface area contributed by atoms with Gasteiger partial charge in [0, 0.05) is 17.1 Å². The summed E-state index contributed by atoms with van der Waals surface area (Å²) >= 11 is 3.59. The van der Waals surface area contributed by atoms with Gasteiger partial charge in [0.1, 0.15) is 0 Å². The molecule has 1 N–H and O–H groups in total. The Morgan fingerprint density at radius 1 is 1.41 bits per heavy atom. The minimum absolute atomic E-state index is 0.159. The predicted octanol–water partition coefficient (Wildman–Crippen LogP) is 3.13. The van der Waals surface area contributed by atoms with Crippen molar-refractivity contribution in [1.29, 1.82) is 0 Å². The highest BCUT2D eigenvalue weighted by Crippen LogP contribution is 2.23. The van der Waals surface area contributed by atoms with Crippen LogP contribution in [0.3, 0.4) is 0 Å². The molecule has 1 aromatic rings. The molecule has 5 heteroatoms. The molecule has 22 heavy (non-hydrogen) atoms. The second kappa shape index (κ2) is 8.09. The van der Waals surface area contributed by atoms with Crippen molar-refractivity contribution < 1.29 is 9.90 Å². The maximum atomic E-state index is 10.9. The number of hydrogen-bond donors (Lipinski definition) is 1. The Hall–Kier alpha value is -0.910. The lowest BCUT2D eigenvalue weighted by atomic mass is 10.0. The molecule has 4 nitrogen and oxygen atoms in total. The second-order valence-electron chi connectivity index (χ2n) is 5.99. The average molecular weight is 369 g/mol. The highest BCUT2D eigenvalue weighted by atomic mass is 79.9. The standard InChI is InChI=1S/C17H25BrN2O2/c1-3-20(12-17(21)22)15-7-9-19(10-8-15)11-14-5-4-6-16(18)13(14)2/h4-6,15H,3,7-12H2,1-2H3,(H,21,22). The highest BCUT2D eigenvalue weighted by molar-refractivity contribution is 9.10. The molecule has 0 aromatic heterocycles. The molecule has 0 radical (unpaired) electrons. The molecule has 1 heterocycles. The fourth-order valence-electron chi connectivity index (χ4n) is 3.18. The van der Waals surface area contributed by atoms with E-state index in [4.69, 9.17) is 5.11 Å². The van der Waals surface area contributed by atoms with Crippen molar-refractivity contribution in [2.45, 2.75) is 39.3 Å². The molecule has 0 amide bonds. The Morgan fingerprint density at radius 2 is 2.09 bits per heavy atom. The Balaban J connectivity index is 1.89. The van der Waals surface area contributed by atoms with Crippen LogP contribution in [-0.4, -0.2) is 53.1 Å². The quantitative estimate of drug-likeness (QED) is 0.837. The zero-order valence-corrected chi connectivity index (χ0v) is 15.0. The maximum absolute atomic E-state index is 10.9. The van der Waals surface area contributed by atoms with Crippen molar-refractivity contribution >= 4 is 21.9 Å². The molecule has 0 atom stereocenters. The molecule has 0 saturated carbocycles. The van der Waals surface area contributed by atoms with Gasteiger partial charge < -0.3 is 5.11 Å². The van der Waals surface area contributed by atoms with Gasteiger partial charge in [-0.1, -0.05) is 35.0 Å². The van der Waals surface area contributed by atoms with E-state index in [1.807, 2.05) is 6.92 Å². The van der Waals surface area contributed by atoms with Crippen LogP contribution in [0.1, 0.15) is 30.9 Å². The van der Waals surface area contributed by atoms with Gasteiger partial charge in [-0.25, -0.2) is 0 Å². The lowest BCUT2D eigenvalue weighted by Gasteiger charge is -2.37. The summed E-state index contributed by atoms with van der Waals surface area (Å²) in [5.41, 5.74) is 2.68. The first kappa shape index (κ1) is 17.4. The first-order valence-corrected chi connectivity index (χ1v) is 8.72. The second-order valence-corrected chi connectivity index (χ2v) is 6.84. The number of benzene rings is 1. The van der Waals surface area contributed by atoms with Gasteiger partial charge in [-0.15, -0.1) is 0 Å². The first-order valence-electron chi connectivity index (χ1n) is 7.93. The number of nitrogens with zero attached hydrogens (tertiary/aromatic N) is 2. The van der Waals surface area contributed by atoms with Gasteiger partial charge >= 0.3 is 5.97 Å². The topological polar surface area (TPSA) is 43.8 Å². The Morgan fingerprint density at radius 3 is 2.68 bits per heavy atom. The van der Waals surface area contributed by atoms with Gasteiger partial charge in [0.25, 0.3) is 0 Å². The van der Waals surface area contributed by atoms with Crippen molar-refractivity contribution in [3.63, 3.8) is 0 Å². The fourth-order valence-corrected chi connectivity index (χ4v) is 3.59. The number of carboxylic acids is 1. The van der Waals surface area contributed by atoms with Crippen molar-refractivity contribution in [3.8, 4) is 0 Å². The summed E-state index contributed by atoms with van der Waals surface area (Å²) < 4.78 is 1.17. The number of carbonyl (C=O) groups is 1. The Bertz CT molecular complexity index is 513. The van der Waals surface area contributed by atoms with E-state index in [9.17, 15) is 4.79 Å². The van der Waals surface area contributed by atoms with Gasteiger partial charge in [0.2, 0.25) is 0 Å². The smallest absolute Gasteiger partial charge is 0.317 e. The van der Waals surface area contributed by atoms with Gasteiger partial charge in [-0.2, -0.15) is 0 Å². The van der Waals surface area contributed by atoms with Crippen LogP contribution in [0, 0.1) is 6.92 Å². The maximum Gasteiger partial charge on any atom is 0.317 e. The van der Waals surface area contributed by atoms with Gasteiger partial charge in [-0.3, -0.25) is 14.6 Å². The third-order valence-electron chi connectivity index (χ3n) is 4.59. The van der Waals surface area contributed by atoms with Crippen LogP contribution in [-0.2, 0) is 11.3 Å². The number of hydrogen-bond acceptors (Lipinski definition) is 3. The van der Waals surface area contributed by atoms with Crippen molar-refractivity contribution in [3.05, 3.63) is 33.8 Å². The molecule has 0 aliphatic carbocycles. The van der Waals surface area contributed by atoms with E-state index < -0.39 is 5.97 Å². The molecule has 122 valence electrons. The summed E-state index contributed by atoms with van der Waals surface area (Å²) in [5.74, 6) is -0.728. The summed E-state index contributed by atoms with van der Waals surface area (Å²) in [7, 11) is 0. The van der Waals surface area contributed by atoms with Crippen LogP contribution in [0.4, 0.5) is 0 Å². The van der Waals surface area contributed by atoms with Crippen LogP contribution in [0.5, 0.6) is 0 Å². The van der Waals surface area contributed by atoms with E-state index in [1.165, 1.54) is 15.6 Å². The zero-order valence-electron chi connectivity index (χ0n) is 13.4. The molecule has 2 rings (SSSR count). The number of likely N-dealkylation sites (N-methyl/N-ethyl adjacent to an activating group) is 1. The normalized spacial score (nSPS) is 17.1. The number of halogens is 1. The van der Waals surface area contributed by atoms with Crippen molar-refractivity contribution in [2.75, 3.05) is 26.2 Å². The van der Waals surface area contributed by atoms with Crippen molar-refractivity contribution in [1.82, 2.24) is 9.80 Å². The molecular formula is C17H25BrN2O2. The number of piperidine rings is 1. The van der Waals surface area contributed by atoms with E-state index in [0.29, 0.717) is 6.04 Å². The number of aliphatic carboxylic acids is 1. The van der Waals surface area contributed by atoms with E-state index in [0.717, 1.165) is 39.0 Å². The van der Waals surface area contributed by atoms with Crippen LogP contribution in [0.2, 0.25) is 0 Å². The fraction of sp³-hybridized carbons (Fsp3) is 0.588. The molecule has 0 unspecified atom stereocenters. The monoisotopic (exact) mass is 368 g/mol. The Labute approximate surface area is 141 Å². The Kier molecular flexibility index (Phi) is 6.41.